The average Bonchev–Trinajstić information content (AvgIpc) is 3.04. The molecule has 2 unspecified atom stereocenters. The van der Waals surface area contributed by atoms with Crippen LogP contribution in [0.3, 0.4) is 0 Å². The molecular formula is C12H19N3S2. The minimum Gasteiger partial charge on any atom is -0.302 e. The van der Waals surface area contributed by atoms with Crippen LogP contribution >= 0.6 is 23.5 Å². The minimum atomic E-state index is 0.673. The molecule has 2 bridgehead atoms. The first-order chi connectivity index (χ1) is 8.38. The zero-order valence-electron chi connectivity index (χ0n) is 10.3. The monoisotopic (exact) mass is 269 g/mol. The van der Waals surface area contributed by atoms with Crippen LogP contribution in [-0.2, 0) is 0 Å². The third kappa shape index (κ3) is 2.37. The summed E-state index contributed by atoms with van der Waals surface area (Å²) < 4.78 is 9.07. The zero-order valence-corrected chi connectivity index (χ0v) is 11.9. The molecule has 3 nitrogen and oxygen atoms in total. The Morgan fingerprint density at radius 1 is 1.41 bits per heavy atom. The number of unbranched alkanes of at least 4 members (excludes halogenated alkanes) is 1. The number of hydrogen-bond acceptors (Lipinski definition) is 5. The van der Waals surface area contributed by atoms with Crippen molar-refractivity contribution < 1.29 is 0 Å². The lowest BCUT2D eigenvalue weighted by Gasteiger charge is -2.20. The van der Waals surface area contributed by atoms with E-state index >= 15 is 0 Å². The van der Waals surface area contributed by atoms with E-state index in [9.17, 15) is 0 Å². The van der Waals surface area contributed by atoms with Crippen LogP contribution in [0.15, 0.2) is 5.03 Å². The Hall–Kier alpha value is -0.130. The maximum Gasteiger partial charge on any atom is 0.134 e. The Morgan fingerprint density at radius 2 is 2.35 bits per heavy atom. The van der Waals surface area contributed by atoms with E-state index in [1.54, 1.807) is 0 Å². The molecule has 17 heavy (non-hydrogen) atoms. The largest absolute Gasteiger partial charge is 0.302 e. The average molecular weight is 269 g/mol. The quantitative estimate of drug-likeness (QED) is 0.607. The molecule has 0 radical (unpaired) electrons. The van der Waals surface area contributed by atoms with Gasteiger partial charge in [-0.3, -0.25) is 0 Å². The third-order valence-electron chi connectivity index (χ3n) is 3.90. The van der Waals surface area contributed by atoms with Crippen molar-refractivity contribution in [3.05, 3.63) is 5.69 Å². The second kappa shape index (κ2) is 5.24. The molecule has 3 atom stereocenters. The normalized spacial score (nSPS) is 31.2. The van der Waals surface area contributed by atoms with Crippen LogP contribution < -0.4 is 0 Å². The lowest BCUT2D eigenvalue weighted by molar-refractivity contribution is 0.342. The molecule has 0 saturated carbocycles. The number of nitrogens with zero attached hydrogens (tertiary/aromatic N) is 3. The molecule has 3 heterocycles. The summed E-state index contributed by atoms with van der Waals surface area (Å²) in [4.78, 5) is 2.58. The number of rotatable bonds is 5. The molecule has 5 heteroatoms. The highest BCUT2D eigenvalue weighted by Gasteiger charge is 2.41. The van der Waals surface area contributed by atoms with E-state index in [0.29, 0.717) is 5.92 Å². The first kappa shape index (κ1) is 11.9. The summed E-state index contributed by atoms with van der Waals surface area (Å²) in [6.45, 7) is 6.06. The standard InChI is InChI=1S/C12H19N3S2/c1-2-3-6-16-12-11(13-17-14-12)10-8-15-5-4-9(10)7-15/h9-10H,2-8H2,1H3/t9-,10?/m1/s1. The van der Waals surface area contributed by atoms with Crippen LogP contribution in [0, 0.1) is 5.92 Å². The van der Waals surface area contributed by atoms with Gasteiger partial charge in [0, 0.05) is 19.0 Å². The highest BCUT2D eigenvalue weighted by molar-refractivity contribution is 7.99. The number of fused-ring (bicyclic) bond motifs is 2. The molecule has 0 amide bonds. The molecule has 0 N–H and O–H groups in total. The van der Waals surface area contributed by atoms with Gasteiger partial charge in [-0.1, -0.05) is 13.3 Å². The number of thioether (sulfide) groups is 1. The molecule has 2 fully saturated rings. The summed E-state index contributed by atoms with van der Waals surface area (Å²) in [5, 5.41) is 1.22. The van der Waals surface area contributed by atoms with Gasteiger partial charge in [0.05, 0.1) is 17.4 Å². The Bertz CT molecular complexity index is 380. The fourth-order valence-corrected chi connectivity index (χ4v) is 4.78. The highest BCUT2D eigenvalue weighted by Crippen LogP contribution is 2.42. The van der Waals surface area contributed by atoms with E-state index in [1.165, 1.54) is 67.1 Å². The second-order valence-electron chi connectivity index (χ2n) is 5.07. The molecule has 2 aliphatic rings. The molecule has 0 aliphatic carbocycles. The second-order valence-corrected chi connectivity index (χ2v) is 6.68. The molecule has 0 spiro atoms. The van der Waals surface area contributed by atoms with Crippen molar-refractivity contribution in [3.8, 4) is 0 Å². The van der Waals surface area contributed by atoms with Gasteiger partial charge in [0.25, 0.3) is 0 Å². The van der Waals surface area contributed by atoms with E-state index in [-0.39, 0.29) is 0 Å². The van der Waals surface area contributed by atoms with Crippen molar-refractivity contribution in [2.45, 2.75) is 37.1 Å². The Balaban J connectivity index is 1.68. The summed E-state index contributed by atoms with van der Waals surface area (Å²) in [6, 6.07) is 0. The van der Waals surface area contributed by atoms with Crippen molar-refractivity contribution in [3.63, 3.8) is 0 Å². The number of piperidine rings is 1. The zero-order chi connectivity index (χ0) is 11.7. The summed E-state index contributed by atoms with van der Waals surface area (Å²) in [5.74, 6) is 2.71. The van der Waals surface area contributed by atoms with E-state index in [4.69, 9.17) is 0 Å². The molecular weight excluding hydrogens is 250 g/mol. The molecule has 2 aliphatic heterocycles. The van der Waals surface area contributed by atoms with E-state index in [1.807, 2.05) is 11.8 Å². The fraction of sp³-hybridized carbons (Fsp3) is 0.833. The molecule has 2 saturated heterocycles. The molecule has 1 aromatic heterocycles. The van der Waals surface area contributed by atoms with Crippen molar-refractivity contribution >= 4 is 23.5 Å². The summed E-state index contributed by atoms with van der Waals surface area (Å²) >= 11 is 3.31. The third-order valence-corrected chi connectivity index (χ3v) is 5.63. The van der Waals surface area contributed by atoms with Gasteiger partial charge in [0.15, 0.2) is 0 Å². The van der Waals surface area contributed by atoms with Crippen LogP contribution in [0.5, 0.6) is 0 Å². The van der Waals surface area contributed by atoms with Gasteiger partial charge in [0.2, 0.25) is 0 Å². The molecule has 3 rings (SSSR count). The summed E-state index contributed by atoms with van der Waals surface area (Å²) in [7, 11) is 0. The maximum absolute atomic E-state index is 4.58. The lowest BCUT2D eigenvalue weighted by atomic mass is 9.90. The van der Waals surface area contributed by atoms with Crippen LogP contribution in [0.1, 0.15) is 37.8 Å². The topological polar surface area (TPSA) is 29.0 Å². The van der Waals surface area contributed by atoms with Crippen LogP contribution in [0.2, 0.25) is 0 Å². The molecule has 0 aromatic carbocycles. The first-order valence-electron chi connectivity index (χ1n) is 6.56. The van der Waals surface area contributed by atoms with Gasteiger partial charge < -0.3 is 4.90 Å². The first-order valence-corrected chi connectivity index (χ1v) is 8.27. The number of aromatic nitrogens is 2. The predicted octanol–water partition coefficient (Wildman–Crippen LogP) is 2.85. The molecule has 1 aromatic rings. The van der Waals surface area contributed by atoms with Crippen molar-refractivity contribution in [2.75, 3.05) is 25.4 Å². The van der Waals surface area contributed by atoms with Crippen LogP contribution in [-0.4, -0.2) is 39.0 Å². The van der Waals surface area contributed by atoms with Crippen LogP contribution in [0.25, 0.3) is 0 Å². The Kier molecular flexibility index (Phi) is 3.68. The Labute approximate surface area is 111 Å². The minimum absolute atomic E-state index is 0.673. The summed E-state index contributed by atoms with van der Waals surface area (Å²) in [5.41, 5.74) is 1.31. The van der Waals surface area contributed by atoms with Gasteiger partial charge in [-0.25, -0.2) is 0 Å². The van der Waals surface area contributed by atoms with Gasteiger partial charge in [0.1, 0.15) is 5.03 Å². The highest BCUT2D eigenvalue weighted by atomic mass is 32.2. The smallest absolute Gasteiger partial charge is 0.134 e. The van der Waals surface area contributed by atoms with Gasteiger partial charge in [-0.05, 0) is 31.1 Å². The lowest BCUT2D eigenvalue weighted by Crippen LogP contribution is -2.22. The predicted molar refractivity (Wildman–Crippen MR) is 72.8 cm³/mol. The van der Waals surface area contributed by atoms with Gasteiger partial charge in [-0.15, -0.1) is 11.8 Å². The van der Waals surface area contributed by atoms with Gasteiger partial charge >= 0.3 is 0 Å². The SMILES string of the molecule is CCCCSc1nsnc1C1CN2CC[C@@H]1C2. The van der Waals surface area contributed by atoms with E-state index in [0.717, 1.165) is 5.92 Å². The van der Waals surface area contributed by atoms with Gasteiger partial charge in [-0.2, -0.15) is 8.75 Å². The van der Waals surface area contributed by atoms with E-state index in [2.05, 4.69) is 20.6 Å². The van der Waals surface area contributed by atoms with E-state index < -0.39 is 0 Å². The van der Waals surface area contributed by atoms with Crippen LogP contribution in [0.4, 0.5) is 0 Å². The molecule has 94 valence electrons. The fourth-order valence-electron chi connectivity index (χ4n) is 2.92. The van der Waals surface area contributed by atoms with Crippen molar-refractivity contribution in [1.82, 2.24) is 13.6 Å². The van der Waals surface area contributed by atoms with Crippen molar-refractivity contribution in [2.24, 2.45) is 5.92 Å². The number of hydrogen-bond donors (Lipinski definition) is 0. The maximum atomic E-state index is 4.58. The van der Waals surface area contributed by atoms with Crippen molar-refractivity contribution in [1.29, 1.82) is 0 Å². The summed E-state index contributed by atoms with van der Waals surface area (Å²) in [6.07, 6.45) is 3.91. The Morgan fingerprint density at radius 3 is 3.06 bits per heavy atom.